The summed E-state index contributed by atoms with van der Waals surface area (Å²) in [5.74, 6) is -3.00. The van der Waals surface area contributed by atoms with Gasteiger partial charge in [0.1, 0.15) is 17.1 Å². The molecule has 1 aromatic carbocycles. The maximum absolute atomic E-state index is 14.2. The first kappa shape index (κ1) is 18.2. The molecule has 5 N–H and O–H groups in total. The Balaban J connectivity index is 2.23. The normalized spacial score (nSPS) is 11.1. The molecule has 0 unspecified atom stereocenters. The molecular weight excluding hydrogens is 334 g/mol. The highest BCUT2D eigenvalue weighted by Crippen LogP contribution is 2.34. The van der Waals surface area contributed by atoms with Gasteiger partial charge in [-0.15, -0.1) is 0 Å². The number of carbonyl (C=O) groups excluding carboxylic acids is 1. The van der Waals surface area contributed by atoms with Crippen LogP contribution in [0.4, 0.5) is 30.8 Å². The molecular formula is C16H18F2N4O3. The second kappa shape index (κ2) is 6.80. The monoisotopic (exact) mass is 352 g/mol. The second-order valence-electron chi connectivity index (χ2n) is 6.08. The molecule has 0 atom stereocenters. The molecule has 2 rings (SSSR count). The third-order valence-electron chi connectivity index (χ3n) is 2.88. The molecule has 1 heterocycles. The molecule has 0 bridgehead atoms. The van der Waals surface area contributed by atoms with Crippen LogP contribution in [0.3, 0.4) is 0 Å². The maximum atomic E-state index is 14.2. The van der Waals surface area contributed by atoms with Gasteiger partial charge in [-0.05, 0) is 32.9 Å². The van der Waals surface area contributed by atoms with E-state index in [0.29, 0.717) is 0 Å². The standard InChI is InChI=1S/C16H18F2N4O3/c1-16(2,3)25-15(23)22-8-4-5-9(12(18)11(8)17)24-10-6-7-21-14(20)13(10)19/h4-7H,19H2,1-3H3,(H2,20,21)(H,22,23). The van der Waals surface area contributed by atoms with Crippen molar-refractivity contribution < 1.29 is 23.0 Å². The lowest BCUT2D eigenvalue weighted by Crippen LogP contribution is -2.27. The van der Waals surface area contributed by atoms with Gasteiger partial charge in [-0.1, -0.05) is 0 Å². The minimum atomic E-state index is -1.30. The quantitative estimate of drug-likeness (QED) is 0.777. The molecule has 0 saturated carbocycles. The molecule has 7 nitrogen and oxygen atoms in total. The fourth-order valence-electron chi connectivity index (χ4n) is 1.80. The number of ether oxygens (including phenoxy) is 2. The molecule has 0 spiro atoms. The van der Waals surface area contributed by atoms with E-state index < -0.39 is 29.1 Å². The Bertz CT molecular complexity index is 807. The number of anilines is 3. The molecule has 25 heavy (non-hydrogen) atoms. The Kier molecular flexibility index (Phi) is 4.96. The number of carbonyl (C=O) groups is 1. The van der Waals surface area contributed by atoms with E-state index >= 15 is 0 Å². The zero-order valence-corrected chi connectivity index (χ0v) is 13.9. The Morgan fingerprint density at radius 3 is 2.44 bits per heavy atom. The van der Waals surface area contributed by atoms with Crippen molar-refractivity contribution in [2.24, 2.45) is 0 Å². The van der Waals surface area contributed by atoms with Crippen LogP contribution < -0.4 is 21.5 Å². The molecule has 0 aliphatic carbocycles. The summed E-state index contributed by atoms with van der Waals surface area (Å²) in [4.78, 5) is 15.4. The largest absolute Gasteiger partial charge is 0.452 e. The molecule has 0 fully saturated rings. The molecule has 9 heteroatoms. The van der Waals surface area contributed by atoms with Gasteiger partial charge >= 0.3 is 6.09 Å². The van der Waals surface area contributed by atoms with Crippen molar-refractivity contribution in [3.8, 4) is 11.5 Å². The van der Waals surface area contributed by atoms with E-state index in [2.05, 4.69) is 10.3 Å². The van der Waals surface area contributed by atoms with Gasteiger partial charge in [0.25, 0.3) is 0 Å². The zero-order chi connectivity index (χ0) is 18.8. The Labute approximate surface area is 142 Å². The second-order valence-corrected chi connectivity index (χ2v) is 6.08. The van der Waals surface area contributed by atoms with Crippen LogP contribution in [0.2, 0.25) is 0 Å². The van der Waals surface area contributed by atoms with Gasteiger partial charge in [0.15, 0.2) is 17.3 Å². The van der Waals surface area contributed by atoms with Crippen LogP contribution in [0.15, 0.2) is 24.4 Å². The number of amides is 1. The summed E-state index contributed by atoms with van der Waals surface area (Å²) < 4.78 is 38.6. The number of nitrogens with zero attached hydrogens (tertiary/aromatic N) is 1. The number of benzene rings is 1. The Morgan fingerprint density at radius 1 is 1.12 bits per heavy atom. The van der Waals surface area contributed by atoms with Gasteiger partial charge in [0.05, 0.1) is 5.69 Å². The highest BCUT2D eigenvalue weighted by Gasteiger charge is 2.21. The molecule has 0 aliphatic heterocycles. The smallest absolute Gasteiger partial charge is 0.412 e. The van der Waals surface area contributed by atoms with Crippen molar-refractivity contribution in [2.75, 3.05) is 16.8 Å². The van der Waals surface area contributed by atoms with Crippen molar-refractivity contribution in [3.05, 3.63) is 36.0 Å². The minimum absolute atomic E-state index is 0.00147. The lowest BCUT2D eigenvalue weighted by molar-refractivity contribution is 0.0635. The predicted octanol–water partition coefficient (Wildman–Crippen LogP) is 3.66. The van der Waals surface area contributed by atoms with E-state index in [1.54, 1.807) is 20.8 Å². The topological polar surface area (TPSA) is 112 Å². The average molecular weight is 352 g/mol. The highest BCUT2D eigenvalue weighted by molar-refractivity contribution is 5.85. The van der Waals surface area contributed by atoms with Crippen molar-refractivity contribution in [2.45, 2.75) is 26.4 Å². The van der Waals surface area contributed by atoms with Crippen LogP contribution in [0.1, 0.15) is 20.8 Å². The number of nitrogen functional groups attached to an aromatic ring is 2. The zero-order valence-electron chi connectivity index (χ0n) is 13.9. The number of pyridine rings is 1. The van der Waals surface area contributed by atoms with Gasteiger partial charge < -0.3 is 20.9 Å². The average Bonchev–Trinajstić information content (AvgIpc) is 2.49. The van der Waals surface area contributed by atoms with Crippen LogP contribution in [-0.2, 0) is 4.74 Å². The van der Waals surface area contributed by atoms with Crippen LogP contribution in [-0.4, -0.2) is 16.7 Å². The fraction of sp³-hybridized carbons (Fsp3) is 0.250. The summed E-state index contributed by atoms with van der Waals surface area (Å²) in [6, 6.07) is 3.63. The third kappa shape index (κ3) is 4.46. The molecule has 0 aliphatic rings. The summed E-state index contributed by atoms with van der Waals surface area (Å²) in [7, 11) is 0. The van der Waals surface area contributed by atoms with E-state index in [-0.39, 0.29) is 22.9 Å². The van der Waals surface area contributed by atoms with Crippen molar-refractivity contribution in [1.29, 1.82) is 0 Å². The van der Waals surface area contributed by atoms with Crippen molar-refractivity contribution in [3.63, 3.8) is 0 Å². The first-order chi connectivity index (χ1) is 11.6. The van der Waals surface area contributed by atoms with Gasteiger partial charge in [-0.3, -0.25) is 5.32 Å². The van der Waals surface area contributed by atoms with E-state index in [1.807, 2.05) is 0 Å². The van der Waals surface area contributed by atoms with Gasteiger partial charge in [-0.2, -0.15) is 4.39 Å². The van der Waals surface area contributed by atoms with Crippen LogP contribution >= 0.6 is 0 Å². The molecule has 134 valence electrons. The predicted molar refractivity (Wildman–Crippen MR) is 89.4 cm³/mol. The molecule has 0 radical (unpaired) electrons. The molecule has 1 amide bonds. The summed E-state index contributed by atoms with van der Waals surface area (Å²) in [5.41, 5.74) is 10.0. The maximum Gasteiger partial charge on any atom is 0.412 e. The van der Waals surface area contributed by atoms with Gasteiger partial charge in [0.2, 0.25) is 5.82 Å². The number of nitrogens with one attached hydrogen (secondary N) is 1. The summed E-state index contributed by atoms with van der Waals surface area (Å²) in [6.07, 6.45) is 0.402. The number of rotatable bonds is 3. The molecule has 0 saturated heterocycles. The van der Waals surface area contributed by atoms with Gasteiger partial charge in [0, 0.05) is 12.3 Å². The number of hydrogen-bond donors (Lipinski definition) is 3. The lowest BCUT2D eigenvalue weighted by atomic mass is 10.2. The first-order valence-corrected chi connectivity index (χ1v) is 7.24. The van der Waals surface area contributed by atoms with E-state index in [0.717, 1.165) is 12.1 Å². The van der Waals surface area contributed by atoms with Crippen LogP contribution in [0.5, 0.6) is 11.5 Å². The lowest BCUT2D eigenvalue weighted by Gasteiger charge is -2.20. The van der Waals surface area contributed by atoms with Crippen LogP contribution in [0.25, 0.3) is 0 Å². The van der Waals surface area contributed by atoms with Crippen molar-refractivity contribution >= 4 is 23.3 Å². The van der Waals surface area contributed by atoms with E-state index in [9.17, 15) is 13.6 Å². The highest BCUT2D eigenvalue weighted by atomic mass is 19.2. The number of nitrogens with two attached hydrogens (primary N) is 2. The van der Waals surface area contributed by atoms with E-state index in [1.165, 1.54) is 12.3 Å². The first-order valence-electron chi connectivity index (χ1n) is 7.24. The summed E-state index contributed by atoms with van der Waals surface area (Å²) >= 11 is 0. The summed E-state index contributed by atoms with van der Waals surface area (Å²) in [5, 5.41) is 2.13. The number of hydrogen-bond acceptors (Lipinski definition) is 6. The molecule has 2 aromatic rings. The third-order valence-corrected chi connectivity index (χ3v) is 2.88. The number of aromatic nitrogens is 1. The summed E-state index contributed by atoms with van der Waals surface area (Å²) in [6.45, 7) is 4.93. The van der Waals surface area contributed by atoms with Gasteiger partial charge in [-0.25, -0.2) is 14.2 Å². The fourth-order valence-corrected chi connectivity index (χ4v) is 1.80. The van der Waals surface area contributed by atoms with Crippen LogP contribution in [0, 0.1) is 11.6 Å². The Hall–Kier alpha value is -3.10. The molecule has 1 aromatic heterocycles. The Morgan fingerprint density at radius 2 is 1.80 bits per heavy atom. The van der Waals surface area contributed by atoms with Crippen molar-refractivity contribution in [1.82, 2.24) is 4.98 Å². The minimum Gasteiger partial charge on any atom is -0.452 e. The van der Waals surface area contributed by atoms with E-state index in [4.69, 9.17) is 20.9 Å². The number of halogens is 2. The SMILES string of the molecule is CC(C)(C)OC(=O)Nc1ccc(Oc2ccnc(N)c2N)c(F)c1F.